The fourth-order valence-electron chi connectivity index (χ4n) is 3.35. The molecule has 0 bridgehead atoms. The van der Waals surface area contributed by atoms with Crippen LogP contribution in [0.5, 0.6) is 5.75 Å². The van der Waals surface area contributed by atoms with Crippen LogP contribution in [0.2, 0.25) is 0 Å². The summed E-state index contributed by atoms with van der Waals surface area (Å²) in [6.07, 6.45) is 5.25. The highest BCUT2D eigenvalue weighted by molar-refractivity contribution is 7.88. The number of ether oxygens (including phenoxy) is 2. The molecule has 140 valence electrons. The summed E-state index contributed by atoms with van der Waals surface area (Å²) >= 11 is 0. The number of methoxy groups -OCH3 is 1. The number of benzene rings is 1. The molecular formula is C18H21NO6S. The third-order valence-corrected chi connectivity index (χ3v) is 6.13. The summed E-state index contributed by atoms with van der Waals surface area (Å²) in [5.74, 6) is -0.00136. The predicted molar refractivity (Wildman–Crippen MR) is 95.4 cm³/mol. The number of fused-ring (bicyclic) bond motifs is 1. The number of rotatable bonds is 3. The molecule has 1 fully saturated rings. The van der Waals surface area contributed by atoms with Crippen molar-refractivity contribution < 1.29 is 27.5 Å². The van der Waals surface area contributed by atoms with E-state index in [4.69, 9.17) is 4.74 Å². The summed E-state index contributed by atoms with van der Waals surface area (Å²) in [5.41, 5.74) is 0.538. The monoisotopic (exact) mass is 379 g/mol. The van der Waals surface area contributed by atoms with Gasteiger partial charge in [-0.3, -0.25) is 4.79 Å². The summed E-state index contributed by atoms with van der Waals surface area (Å²) in [6, 6.07) is 5.17. The quantitative estimate of drug-likeness (QED) is 0.586. The number of Topliss-reactive ketones (excluding diaryl/α,β-unsaturated/α-hetero) is 1. The Hall–Kier alpha value is -2.19. The van der Waals surface area contributed by atoms with Crippen molar-refractivity contribution in [2.75, 3.05) is 26.5 Å². The van der Waals surface area contributed by atoms with Crippen molar-refractivity contribution in [3.05, 3.63) is 35.4 Å². The fraction of sp³-hybridized carbons (Fsp3) is 0.444. The van der Waals surface area contributed by atoms with E-state index >= 15 is 0 Å². The highest BCUT2D eigenvalue weighted by Crippen LogP contribution is 2.40. The Morgan fingerprint density at radius 3 is 2.62 bits per heavy atom. The van der Waals surface area contributed by atoms with Crippen molar-refractivity contribution in [2.24, 2.45) is 0 Å². The van der Waals surface area contributed by atoms with Crippen LogP contribution in [-0.2, 0) is 19.6 Å². The number of hydrogen-bond acceptors (Lipinski definition) is 6. The van der Waals surface area contributed by atoms with Crippen LogP contribution in [0.15, 0.2) is 24.3 Å². The van der Waals surface area contributed by atoms with Crippen molar-refractivity contribution in [3.63, 3.8) is 0 Å². The molecule has 0 saturated carbocycles. The lowest BCUT2D eigenvalue weighted by atomic mass is 9.82. The molecule has 2 aliphatic rings. The first-order valence-corrected chi connectivity index (χ1v) is 10.1. The van der Waals surface area contributed by atoms with Crippen LogP contribution in [0.4, 0.5) is 0 Å². The maximum atomic E-state index is 12.7. The number of sulfonamides is 1. The summed E-state index contributed by atoms with van der Waals surface area (Å²) in [6.45, 7) is 0.697. The van der Waals surface area contributed by atoms with Gasteiger partial charge in [0.2, 0.25) is 10.0 Å². The van der Waals surface area contributed by atoms with Crippen molar-refractivity contribution >= 4 is 27.9 Å². The number of ketones is 1. The largest absolute Gasteiger partial charge is 0.486 e. The molecule has 0 N–H and O–H groups in total. The second kappa shape index (κ2) is 6.85. The topological polar surface area (TPSA) is 90.0 Å². The molecule has 0 atom stereocenters. The molecule has 0 aliphatic carbocycles. The molecule has 0 radical (unpaired) electrons. The van der Waals surface area contributed by atoms with Gasteiger partial charge in [0, 0.05) is 32.0 Å². The Bertz CT molecular complexity index is 866. The molecule has 2 heterocycles. The predicted octanol–water partition coefficient (Wildman–Crippen LogP) is 1.63. The van der Waals surface area contributed by atoms with E-state index in [2.05, 4.69) is 4.74 Å². The molecular weight excluding hydrogens is 358 g/mol. The average Bonchev–Trinajstić information content (AvgIpc) is 2.59. The number of carbonyl (C=O) groups excluding carboxylic acids is 2. The molecule has 1 spiro atoms. The Labute approximate surface area is 152 Å². The first kappa shape index (κ1) is 18.6. The minimum Gasteiger partial charge on any atom is -0.486 e. The molecule has 1 aromatic carbocycles. The van der Waals surface area contributed by atoms with E-state index in [-0.39, 0.29) is 12.2 Å². The van der Waals surface area contributed by atoms with Crippen LogP contribution in [0, 0.1) is 0 Å². The molecule has 8 heteroatoms. The van der Waals surface area contributed by atoms with Crippen LogP contribution < -0.4 is 4.74 Å². The Morgan fingerprint density at radius 1 is 1.31 bits per heavy atom. The molecule has 0 unspecified atom stereocenters. The van der Waals surface area contributed by atoms with Crippen molar-refractivity contribution in [2.45, 2.75) is 24.9 Å². The number of nitrogens with zero attached hydrogens (tertiary/aromatic N) is 1. The summed E-state index contributed by atoms with van der Waals surface area (Å²) in [4.78, 5) is 23.8. The van der Waals surface area contributed by atoms with E-state index in [1.807, 2.05) is 0 Å². The van der Waals surface area contributed by atoms with Crippen LogP contribution in [0.1, 0.15) is 35.2 Å². The van der Waals surface area contributed by atoms with Crippen molar-refractivity contribution in [1.82, 2.24) is 4.31 Å². The Kier molecular flexibility index (Phi) is 4.90. The Balaban J connectivity index is 1.78. The van der Waals surface area contributed by atoms with Crippen LogP contribution in [0.25, 0.3) is 6.08 Å². The third kappa shape index (κ3) is 3.81. The van der Waals surface area contributed by atoms with E-state index in [9.17, 15) is 18.0 Å². The SMILES string of the molecule is COC(=O)/C=C/c1ccc2c(c1)C(=O)CC1(CCN(S(C)(=O)=O)CC1)O2. The van der Waals surface area contributed by atoms with Gasteiger partial charge >= 0.3 is 5.97 Å². The minimum absolute atomic E-state index is 0.0348. The van der Waals surface area contributed by atoms with Gasteiger partial charge in [-0.15, -0.1) is 0 Å². The second-order valence-electron chi connectivity index (χ2n) is 6.66. The van der Waals surface area contributed by atoms with Crippen LogP contribution in [-0.4, -0.2) is 56.5 Å². The standard InChI is InChI=1S/C18H21NO6S/c1-24-17(21)6-4-13-3-5-16-14(11-13)15(20)12-18(25-16)7-9-19(10-8-18)26(2,22)23/h3-6,11H,7-10,12H2,1-2H3/b6-4+. The maximum Gasteiger partial charge on any atom is 0.330 e. The van der Waals surface area contributed by atoms with E-state index in [1.165, 1.54) is 23.7 Å². The van der Waals surface area contributed by atoms with Gasteiger partial charge in [-0.1, -0.05) is 6.07 Å². The lowest BCUT2D eigenvalue weighted by Crippen LogP contribution is -2.52. The lowest BCUT2D eigenvalue weighted by molar-refractivity contribution is -0.134. The highest BCUT2D eigenvalue weighted by Gasteiger charge is 2.44. The van der Waals surface area contributed by atoms with E-state index in [0.717, 1.165) is 0 Å². The van der Waals surface area contributed by atoms with Gasteiger partial charge in [0.25, 0.3) is 0 Å². The molecule has 3 rings (SSSR count). The number of piperidine rings is 1. The smallest absolute Gasteiger partial charge is 0.330 e. The molecule has 7 nitrogen and oxygen atoms in total. The van der Waals surface area contributed by atoms with Crippen LogP contribution in [0.3, 0.4) is 0 Å². The van der Waals surface area contributed by atoms with E-state index < -0.39 is 21.6 Å². The fourth-order valence-corrected chi connectivity index (χ4v) is 4.20. The van der Waals surface area contributed by atoms with Gasteiger partial charge in [0.15, 0.2) is 5.78 Å². The lowest BCUT2D eigenvalue weighted by Gasteiger charge is -2.43. The van der Waals surface area contributed by atoms with Crippen LogP contribution >= 0.6 is 0 Å². The zero-order valence-electron chi connectivity index (χ0n) is 14.7. The summed E-state index contributed by atoms with van der Waals surface area (Å²) in [7, 11) is -1.93. The normalized spacial score (nSPS) is 20.0. The minimum atomic E-state index is -3.23. The van der Waals surface area contributed by atoms with E-state index in [1.54, 1.807) is 24.3 Å². The average molecular weight is 379 g/mol. The highest BCUT2D eigenvalue weighted by atomic mass is 32.2. The van der Waals surface area contributed by atoms with Crippen molar-refractivity contribution in [3.8, 4) is 5.75 Å². The number of hydrogen-bond donors (Lipinski definition) is 0. The third-order valence-electron chi connectivity index (χ3n) is 4.83. The molecule has 1 saturated heterocycles. The van der Waals surface area contributed by atoms with Gasteiger partial charge in [0.1, 0.15) is 11.4 Å². The number of esters is 1. The van der Waals surface area contributed by atoms with Gasteiger partial charge in [0.05, 0.1) is 25.3 Å². The first-order chi connectivity index (χ1) is 12.2. The van der Waals surface area contributed by atoms with Gasteiger partial charge in [-0.05, 0) is 23.8 Å². The molecule has 26 heavy (non-hydrogen) atoms. The number of carbonyl (C=O) groups is 2. The molecule has 2 aliphatic heterocycles. The zero-order chi connectivity index (χ0) is 18.9. The van der Waals surface area contributed by atoms with Gasteiger partial charge in [-0.2, -0.15) is 0 Å². The van der Waals surface area contributed by atoms with E-state index in [0.29, 0.717) is 42.8 Å². The second-order valence-corrected chi connectivity index (χ2v) is 8.64. The first-order valence-electron chi connectivity index (χ1n) is 8.30. The zero-order valence-corrected chi connectivity index (χ0v) is 15.5. The molecule has 0 amide bonds. The van der Waals surface area contributed by atoms with Gasteiger partial charge in [-0.25, -0.2) is 17.5 Å². The maximum absolute atomic E-state index is 12.7. The summed E-state index contributed by atoms with van der Waals surface area (Å²) < 4.78 is 35.4. The Morgan fingerprint density at radius 2 is 2.00 bits per heavy atom. The summed E-state index contributed by atoms with van der Waals surface area (Å²) in [5, 5.41) is 0. The molecule has 1 aromatic rings. The van der Waals surface area contributed by atoms with Crippen molar-refractivity contribution in [1.29, 1.82) is 0 Å². The molecule has 0 aromatic heterocycles. The van der Waals surface area contributed by atoms with Gasteiger partial charge < -0.3 is 9.47 Å².